The molecular weight excluding hydrogens is 278 g/mol. The van der Waals surface area contributed by atoms with Crippen LogP contribution in [0.4, 0.5) is 0 Å². The summed E-state index contributed by atoms with van der Waals surface area (Å²) in [6.07, 6.45) is 7.18. The van der Waals surface area contributed by atoms with Crippen molar-refractivity contribution in [3.8, 4) is 0 Å². The summed E-state index contributed by atoms with van der Waals surface area (Å²) < 4.78 is 0. The van der Waals surface area contributed by atoms with E-state index in [1.807, 2.05) is 4.90 Å². The Labute approximate surface area is 133 Å². The molecule has 1 saturated carbocycles. The van der Waals surface area contributed by atoms with Gasteiger partial charge in [-0.1, -0.05) is 6.92 Å². The molecule has 2 aliphatic heterocycles. The van der Waals surface area contributed by atoms with Gasteiger partial charge in [0.1, 0.15) is 0 Å². The summed E-state index contributed by atoms with van der Waals surface area (Å²) in [6.45, 7) is 4.82. The Kier molecular flexibility index (Phi) is 5.01. The van der Waals surface area contributed by atoms with E-state index in [1.54, 1.807) is 0 Å². The minimum atomic E-state index is -0.145. The van der Waals surface area contributed by atoms with Crippen LogP contribution in [0.25, 0.3) is 0 Å². The van der Waals surface area contributed by atoms with Crippen molar-refractivity contribution in [2.75, 3.05) is 19.6 Å². The average molecular weight is 307 g/mol. The van der Waals surface area contributed by atoms with Crippen molar-refractivity contribution in [2.24, 2.45) is 11.8 Å². The first-order valence-electron chi connectivity index (χ1n) is 8.94. The molecule has 2 atom stereocenters. The predicted octanol–water partition coefficient (Wildman–Crippen LogP) is 1.28. The van der Waals surface area contributed by atoms with Crippen molar-refractivity contribution in [1.29, 1.82) is 0 Å². The van der Waals surface area contributed by atoms with Crippen molar-refractivity contribution in [3.63, 3.8) is 0 Å². The van der Waals surface area contributed by atoms with Crippen LogP contribution in [0.2, 0.25) is 0 Å². The molecular formula is C17H29N3O2. The molecule has 0 aromatic carbocycles. The molecule has 2 amide bonds. The third-order valence-corrected chi connectivity index (χ3v) is 5.60. The molecule has 0 bridgehead atoms. The lowest BCUT2D eigenvalue weighted by Gasteiger charge is -2.33. The molecule has 1 unspecified atom stereocenters. The molecule has 1 aliphatic carbocycles. The smallest absolute Gasteiger partial charge is 0.225 e. The number of nitrogens with one attached hydrogen (secondary N) is 2. The van der Waals surface area contributed by atoms with E-state index < -0.39 is 0 Å². The topological polar surface area (TPSA) is 61.4 Å². The fraction of sp³-hybridized carbons (Fsp3) is 0.882. The standard InChI is InChI=1S/C17H29N3O2/c1-12-4-6-15(7-5-12)20-11-13(9-16(20)21)17(22)19-14-3-2-8-18-10-14/h12-15,18H,2-11H2,1H3,(H,19,22)/t12?,13?,14-,15?/m0/s1. The van der Waals surface area contributed by atoms with Crippen LogP contribution in [0.15, 0.2) is 0 Å². The molecule has 3 rings (SSSR count). The molecule has 22 heavy (non-hydrogen) atoms. The van der Waals surface area contributed by atoms with Gasteiger partial charge >= 0.3 is 0 Å². The summed E-state index contributed by atoms with van der Waals surface area (Å²) in [7, 11) is 0. The van der Waals surface area contributed by atoms with E-state index in [0.717, 1.165) is 44.7 Å². The number of carbonyl (C=O) groups is 2. The van der Waals surface area contributed by atoms with Gasteiger partial charge in [0.2, 0.25) is 11.8 Å². The molecule has 0 spiro atoms. The number of rotatable bonds is 3. The number of hydrogen-bond acceptors (Lipinski definition) is 3. The lowest BCUT2D eigenvalue weighted by Crippen LogP contribution is -2.48. The first-order valence-corrected chi connectivity index (χ1v) is 8.94. The highest BCUT2D eigenvalue weighted by Gasteiger charge is 2.39. The van der Waals surface area contributed by atoms with Crippen LogP contribution in [0.1, 0.15) is 51.9 Å². The monoisotopic (exact) mass is 307 g/mol. The van der Waals surface area contributed by atoms with Crippen LogP contribution < -0.4 is 10.6 Å². The quantitative estimate of drug-likeness (QED) is 0.826. The maximum atomic E-state index is 12.4. The minimum Gasteiger partial charge on any atom is -0.352 e. The minimum absolute atomic E-state index is 0.0775. The molecule has 5 nitrogen and oxygen atoms in total. The third-order valence-electron chi connectivity index (χ3n) is 5.60. The second-order valence-corrected chi connectivity index (χ2v) is 7.41. The zero-order valence-electron chi connectivity index (χ0n) is 13.6. The molecule has 0 aromatic heterocycles. The lowest BCUT2D eigenvalue weighted by molar-refractivity contribution is -0.131. The van der Waals surface area contributed by atoms with Gasteiger partial charge < -0.3 is 15.5 Å². The maximum absolute atomic E-state index is 12.4. The van der Waals surface area contributed by atoms with Crippen LogP contribution >= 0.6 is 0 Å². The number of likely N-dealkylation sites (tertiary alicyclic amines) is 1. The Bertz CT molecular complexity index is 412. The second kappa shape index (κ2) is 6.99. The number of amides is 2. The molecule has 0 aromatic rings. The van der Waals surface area contributed by atoms with Crippen LogP contribution in [-0.4, -0.2) is 48.4 Å². The summed E-state index contributed by atoms with van der Waals surface area (Å²) >= 11 is 0. The Morgan fingerprint density at radius 3 is 2.68 bits per heavy atom. The van der Waals surface area contributed by atoms with E-state index in [1.165, 1.54) is 12.8 Å². The van der Waals surface area contributed by atoms with E-state index in [4.69, 9.17) is 0 Å². The van der Waals surface area contributed by atoms with Gasteiger partial charge in [-0.2, -0.15) is 0 Å². The molecule has 0 radical (unpaired) electrons. The highest BCUT2D eigenvalue weighted by atomic mass is 16.2. The summed E-state index contributed by atoms with van der Waals surface area (Å²) in [6, 6.07) is 0.610. The van der Waals surface area contributed by atoms with E-state index in [2.05, 4.69) is 17.6 Å². The summed E-state index contributed by atoms with van der Waals surface area (Å²) in [5.41, 5.74) is 0. The van der Waals surface area contributed by atoms with Gasteiger partial charge in [0, 0.05) is 31.6 Å². The van der Waals surface area contributed by atoms with Gasteiger partial charge in [-0.15, -0.1) is 0 Å². The molecule has 3 aliphatic rings. The number of piperidine rings is 1. The number of hydrogen-bond donors (Lipinski definition) is 2. The lowest BCUT2D eigenvalue weighted by atomic mass is 9.86. The van der Waals surface area contributed by atoms with E-state index >= 15 is 0 Å². The van der Waals surface area contributed by atoms with Gasteiger partial charge in [0.25, 0.3) is 0 Å². The van der Waals surface area contributed by atoms with E-state index in [0.29, 0.717) is 19.0 Å². The largest absolute Gasteiger partial charge is 0.352 e. The van der Waals surface area contributed by atoms with Crippen LogP contribution in [-0.2, 0) is 9.59 Å². The Morgan fingerprint density at radius 1 is 1.23 bits per heavy atom. The number of nitrogens with zero attached hydrogens (tertiary/aromatic N) is 1. The van der Waals surface area contributed by atoms with Gasteiger partial charge in [0.05, 0.1) is 5.92 Å². The first-order chi connectivity index (χ1) is 10.6. The van der Waals surface area contributed by atoms with Crippen molar-refractivity contribution in [1.82, 2.24) is 15.5 Å². The molecule has 5 heteroatoms. The Hall–Kier alpha value is -1.10. The first kappa shape index (κ1) is 15.8. The molecule has 3 fully saturated rings. The van der Waals surface area contributed by atoms with Crippen LogP contribution in [0, 0.1) is 11.8 Å². The number of carbonyl (C=O) groups excluding carboxylic acids is 2. The van der Waals surface area contributed by atoms with Crippen molar-refractivity contribution >= 4 is 11.8 Å². The summed E-state index contributed by atoms with van der Waals surface area (Å²) in [5.74, 6) is 0.899. The van der Waals surface area contributed by atoms with Gasteiger partial charge in [-0.3, -0.25) is 9.59 Å². The molecule has 124 valence electrons. The molecule has 2 saturated heterocycles. The molecule has 2 N–H and O–H groups in total. The zero-order valence-corrected chi connectivity index (χ0v) is 13.6. The van der Waals surface area contributed by atoms with Crippen molar-refractivity contribution in [2.45, 2.75) is 64.0 Å². The third kappa shape index (κ3) is 3.62. The van der Waals surface area contributed by atoms with E-state index in [9.17, 15) is 9.59 Å². The fourth-order valence-corrected chi connectivity index (χ4v) is 4.11. The fourth-order valence-electron chi connectivity index (χ4n) is 4.11. The van der Waals surface area contributed by atoms with Crippen LogP contribution in [0.3, 0.4) is 0 Å². The Morgan fingerprint density at radius 2 is 2.00 bits per heavy atom. The highest BCUT2D eigenvalue weighted by Crippen LogP contribution is 2.31. The second-order valence-electron chi connectivity index (χ2n) is 7.41. The Balaban J connectivity index is 1.51. The maximum Gasteiger partial charge on any atom is 0.225 e. The normalized spacial score (nSPS) is 36.4. The van der Waals surface area contributed by atoms with Crippen LogP contribution in [0.5, 0.6) is 0 Å². The summed E-state index contributed by atoms with van der Waals surface area (Å²) in [5, 5.41) is 6.44. The van der Waals surface area contributed by atoms with Crippen molar-refractivity contribution < 1.29 is 9.59 Å². The van der Waals surface area contributed by atoms with E-state index in [-0.39, 0.29) is 23.8 Å². The highest BCUT2D eigenvalue weighted by molar-refractivity contribution is 5.89. The predicted molar refractivity (Wildman–Crippen MR) is 85.3 cm³/mol. The SMILES string of the molecule is CC1CCC(N2CC(C(=O)N[C@H]3CCCNC3)CC2=O)CC1. The van der Waals surface area contributed by atoms with Gasteiger partial charge in [0.15, 0.2) is 0 Å². The van der Waals surface area contributed by atoms with Gasteiger partial charge in [-0.05, 0) is 51.0 Å². The zero-order chi connectivity index (χ0) is 15.5. The summed E-state index contributed by atoms with van der Waals surface area (Å²) in [4.78, 5) is 26.7. The average Bonchev–Trinajstić information content (AvgIpc) is 2.91. The molecule has 2 heterocycles. The van der Waals surface area contributed by atoms with Crippen molar-refractivity contribution in [3.05, 3.63) is 0 Å². The van der Waals surface area contributed by atoms with Gasteiger partial charge in [-0.25, -0.2) is 0 Å².